The number of halogens is 1. The van der Waals surface area contributed by atoms with Crippen LogP contribution in [0.25, 0.3) is 5.65 Å². The van der Waals surface area contributed by atoms with Crippen LogP contribution < -0.4 is 5.32 Å². The summed E-state index contributed by atoms with van der Waals surface area (Å²) in [6.45, 7) is 2.18. The molecular formula is C11H12ClN3. The standard InChI is InChI=1S/C11H12ClN3/c12-10-6-14-11-2-1-9(7-15(10)11)8-3-4-13-5-8/h1-2,6-8,13H,3-5H2. The Morgan fingerprint density at radius 2 is 2.40 bits per heavy atom. The van der Waals surface area contributed by atoms with E-state index in [2.05, 4.69) is 22.6 Å². The first-order chi connectivity index (χ1) is 7.34. The lowest BCUT2D eigenvalue weighted by Crippen LogP contribution is -2.08. The van der Waals surface area contributed by atoms with E-state index in [4.69, 9.17) is 11.6 Å². The Bertz CT molecular complexity index is 486. The summed E-state index contributed by atoms with van der Waals surface area (Å²) in [5.41, 5.74) is 2.25. The van der Waals surface area contributed by atoms with Crippen LogP contribution in [0.1, 0.15) is 17.9 Å². The maximum atomic E-state index is 6.04. The number of rotatable bonds is 1. The number of aromatic nitrogens is 2. The molecule has 1 fully saturated rings. The maximum absolute atomic E-state index is 6.04. The molecule has 4 heteroatoms. The van der Waals surface area contributed by atoms with Crippen LogP contribution in [0.3, 0.4) is 0 Å². The summed E-state index contributed by atoms with van der Waals surface area (Å²) in [6, 6.07) is 4.18. The molecule has 1 aliphatic rings. The summed E-state index contributed by atoms with van der Waals surface area (Å²) < 4.78 is 1.94. The first-order valence-corrected chi connectivity index (χ1v) is 5.55. The number of fused-ring (bicyclic) bond motifs is 1. The second kappa shape index (κ2) is 3.51. The van der Waals surface area contributed by atoms with Crippen LogP contribution >= 0.6 is 11.6 Å². The first kappa shape index (κ1) is 9.19. The molecule has 2 aromatic rings. The van der Waals surface area contributed by atoms with E-state index >= 15 is 0 Å². The highest BCUT2D eigenvalue weighted by Crippen LogP contribution is 2.23. The molecule has 0 saturated carbocycles. The normalized spacial score (nSPS) is 21.3. The highest BCUT2D eigenvalue weighted by atomic mass is 35.5. The van der Waals surface area contributed by atoms with E-state index in [0.29, 0.717) is 11.1 Å². The summed E-state index contributed by atoms with van der Waals surface area (Å²) in [6.07, 6.45) is 4.99. The van der Waals surface area contributed by atoms with Gasteiger partial charge in [-0.15, -0.1) is 0 Å². The molecule has 0 aliphatic carbocycles. The van der Waals surface area contributed by atoms with Crippen molar-refractivity contribution >= 4 is 17.2 Å². The Labute approximate surface area is 93.1 Å². The van der Waals surface area contributed by atoms with Gasteiger partial charge >= 0.3 is 0 Å². The van der Waals surface area contributed by atoms with Gasteiger partial charge in [-0.3, -0.25) is 4.40 Å². The largest absolute Gasteiger partial charge is 0.316 e. The van der Waals surface area contributed by atoms with Crippen LogP contribution in [0.5, 0.6) is 0 Å². The minimum atomic E-state index is 0.618. The molecule has 3 nitrogen and oxygen atoms in total. The van der Waals surface area contributed by atoms with Gasteiger partial charge in [-0.05, 0) is 30.5 Å². The quantitative estimate of drug-likeness (QED) is 0.799. The zero-order valence-electron chi connectivity index (χ0n) is 8.28. The van der Waals surface area contributed by atoms with Gasteiger partial charge in [0.25, 0.3) is 0 Å². The molecule has 1 aliphatic heterocycles. The zero-order valence-corrected chi connectivity index (χ0v) is 9.04. The van der Waals surface area contributed by atoms with Crippen LogP contribution in [0.15, 0.2) is 24.5 Å². The minimum absolute atomic E-state index is 0.618. The number of pyridine rings is 1. The molecule has 0 bridgehead atoms. The van der Waals surface area contributed by atoms with E-state index in [1.54, 1.807) is 6.20 Å². The summed E-state index contributed by atoms with van der Waals surface area (Å²) in [7, 11) is 0. The van der Waals surface area contributed by atoms with Gasteiger partial charge < -0.3 is 5.32 Å². The van der Waals surface area contributed by atoms with E-state index in [9.17, 15) is 0 Å². The fourth-order valence-electron chi connectivity index (χ4n) is 2.15. The van der Waals surface area contributed by atoms with Crippen molar-refractivity contribution in [1.82, 2.24) is 14.7 Å². The zero-order chi connectivity index (χ0) is 10.3. The number of nitrogens with zero attached hydrogens (tertiary/aromatic N) is 2. The third kappa shape index (κ3) is 1.52. The molecule has 1 atom stereocenters. The average Bonchev–Trinajstić information content (AvgIpc) is 2.88. The Balaban J connectivity index is 2.08. The molecule has 0 radical (unpaired) electrons. The van der Waals surface area contributed by atoms with Crippen molar-refractivity contribution in [2.24, 2.45) is 0 Å². The molecule has 0 spiro atoms. The molecule has 0 aromatic carbocycles. The number of hydrogen-bond acceptors (Lipinski definition) is 2. The van der Waals surface area contributed by atoms with E-state index in [-0.39, 0.29) is 0 Å². The van der Waals surface area contributed by atoms with Crippen molar-refractivity contribution < 1.29 is 0 Å². The van der Waals surface area contributed by atoms with E-state index in [1.165, 1.54) is 12.0 Å². The minimum Gasteiger partial charge on any atom is -0.316 e. The van der Waals surface area contributed by atoms with Crippen LogP contribution in [0.2, 0.25) is 5.15 Å². The van der Waals surface area contributed by atoms with Crippen LogP contribution in [0.4, 0.5) is 0 Å². The van der Waals surface area contributed by atoms with Gasteiger partial charge in [0.1, 0.15) is 10.8 Å². The molecule has 3 heterocycles. The van der Waals surface area contributed by atoms with Crippen molar-refractivity contribution in [2.45, 2.75) is 12.3 Å². The van der Waals surface area contributed by atoms with Gasteiger partial charge in [0, 0.05) is 12.7 Å². The molecular weight excluding hydrogens is 210 g/mol. The summed E-state index contributed by atoms with van der Waals surface area (Å²) in [4.78, 5) is 4.20. The van der Waals surface area contributed by atoms with E-state index < -0.39 is 0 Å². The van der Waals surface area contributed by atoms with Crippen molar-refractivity contribution in [1.29, 1.82) is 0 Å². The molecule has 2 aromatic heterocycles. The molecule has 1 N–H and O–H groups in total. The predicted octanol–water partition coefficient (Wildman–Crippen LogP) is 2.06. The molecule has 15 heavy (non-hydrogen) atoms. The molecule has 1 saturated heterocycles. The predicted molar refractivity (Wildman–Crippen MR) is 60.4 cm³/mol. The first-order valence-electron chi connectivity index (χ1n) is 5.18. The fourth-order valence-corrected chi connectivity index (χ4v) is 2.33. The Morgan fingerprint density at radius 1 is 1.47 bits per heavy atom. The van der Waals surface area contributed by atoms with Gasteiger partial charge in [-0.1, -0.05) is 17.7 Å². The number of hydrogen-bond donors (Lipinski definition) is 1. The topological polar surface area (TPSA) is 29.3 Å². The van der Waals surface area contributed by atoms with Crippen LogP contribution in [0, 0.1) is 0 Å². The highest BCUT2D eigenvalue weighted by molar-refractivity contribution is 6.29. The third-order valence-electron chi connectivity index (χ3n) is 3.02. The maximum Gasteiger partial charge on any atom is 0.137 e. The van der Waals surface area contributed by atoms with Crippen LogP contribution in [-0.2, 0) is 0 Å². The van der Waals surface area contributed by atoms with E-state index in [0.717, 1.165) is 18.7 Å². The van der Waals surface area contributed by atoms with Gasteiger partial charge in [-0.2, -0.15) is 0 Å². The van der Waals surface area contributed by atoms with Gasteiger partial charge in [0.2, 0.25) is 0 Å². The number of imidazole rings is 1. The SMILES string of the molecule is Clc1cnc2ccc(C3CCNC3)cn12. The summed E-state index contributed by atoms with van der Waals surface area (Å²) in [5, 5.41) is 4.05. The van der Waals surface area contributed by atoms with E-state index in [1.807, 2.05) is 10.5 Å². The summed E-state index contributed by atoms with van der Waals surface area (Å²) >= 11 is 6.04. The molecule has 3 rings (SSSR count). The lowest BCUT2D eigenvalue weighted by atomic mass is 10.0. The van der Waals surface area contributed by atoms with Gasteiger partial charge in [-0.25, -0.2) is 4.98 Å². The Kier molecular flexibility index (Phi) is 2.15. The lowest BCUT2D eigenvalue weighted by Gasteiger charge is -2.09. The van der Waals surface area contributed by atoms with Crippen molar-refractivity contribution in [2.75, 3.05) is 13.1 Å². The Hall–Kier alpha value is -1.06. The Morgan fingerprint density at radius 3 is 3.20 bits per heavy atom. The van der Waals surface area contributed by atoms with Gasteiger partial charge in [0.05, 0.1) is 6.20 Å². The fraction of sp³-hybridized carbons (Fsp3) is 0.364. The molecule has 78 valence electrons. The number of nitrogens with one attached hydrogen (secondary N) is 1. The monoisotopic (exact) mass is 221 g/mol. The van der Waals surface area contributed by atoms with Gasteiger partial charge in [0.15, 0.2) is 0 Å². The third-order valence-corrected chi connectivity index (χ3v) is 3.29. The van der Waals surface area contributed by atoms with Crippen molar-refractivity contribution in [3.8, 4) is 0 Å². The van der Waals surface area contributed by atoms with Crippen molar-refractivity contribution in [3.05, 3.63) is 35.2 Å². The average molecular weight is 222 g/mol. The second-order valence-electron chi connectivity index (χ2n) is 3.96. The smallest absolute Gasteiger partial charge is 0.137 e. The molecule has 1 unspecified atom stereocenters. The van der Waals surface area contributed by atoms with Crippen molar-refractivity contribution in [3.63, 3.8) is 0 Å². The summed E-state index contributed by atoms with van der Waals surface area (Å²) in [5.74, 6) is 0.618. The van der Waals surface area contributed by atoms with Crippen LogP contribution in [-0.4, -0.2) is 22.5 Å². The highest BCUT2D eigenvalue weighted by Gasteiger charge is 2.17. The lowest BCUT2D eigenvalue weighted by molar-refractivity contribution is 0.757. The molecule has 0 amide bonds. The second-order valence-corrected chi connectivity index (χ2v) is 4.35.